The van der Waals surface area contributed by atoms with Crippen molar-refractivity contribution in [2.24, 2.45) is 0 Å². The van der Waals surface area contributed by atoms with Gasteiger partial charge in [-0.3, -0.25) is 0 Å². The van der Waals surface area contributed by atoms with E-state index < -0.39 is 10.3 Å². The summed E-state index contributed by atoms with van der Waals surface area (Å²) in [4.78, 5) is 2.44. The Labute approximate surface area is 127 Å². The maximum Gasteiger partial charge on any atom is 0.135 e. The van der Waals surface area contributed by atoms with Gasteiger partial charge >= 0.3 is 0 Å². The van der Waals surface area contributed by atoms with Crippen LogP contribution in [-0.2, 0) is 0 Å². The molecule has 3 aromatic carbocycles. The smallest absolute Gasteiger partial charge is 0.135 e. The summed E-state index contributed by atoms with van der Waals surface area (Å²) in [5.74, 6) is 0.905. The van der Waals surface area contributed by atoms with Gasteiger partial charge in [-0.25, -0.2) is 0 Å². The van der Waals surface area contributed by atoms with Gasteiger partial charge in [-0.1, -0.05) is 54.6 Å². The van der Waals surface area contributed by atoms with Crippen molar-refractivity contribution in [1.82, 2.24) is 0 Å². The second kappa shape index (κ2) is 6.06. The predicted molar refractivity (Wildman–Crippen MR) is 90.0 cm³/mol. The molecule has 0 spiro atoms. The molecule has 0 unspecified atom stereocenters. The normalized spacial score (nSPS) is 11.9. The molecule has 21 heavy (non-hydrogen) atoms. The van der Waals surface area contributed by atoms with Crippen LogP contribution in [0.3, 0.4) is 0 Å². The van der Waals surface area contributed by atoms with Crippen LogP contribution in [0.4, 0.5) is 0 Å². The second-order valence-corrected chi connectivity index (χ2v) is 7.66. The van der Waals surface area contributed by atoms with Gasteiger partial charge in [0, 0.05) is 16.0 Å². The highest BCUT2D eigenvalue weighted by Gasteiger charge is 2.25. The fourth-order valence-electron chi connectivity index (χ4n) is 2.26. The Kier molecular flexibility index (Phi) is 3.98. The molecule has 0 fully saturated rings. The number of benzene rings is 3. The van der Waals surface area contributed by atoms with E-state index in [1.54, 1.807) is 0 Å². The standard InChI is InChI=1S/C19H18OS/c1-21(18-13-7-3-8-14-18,19-15-9-4-10-16-19)20-17-11-5-2-6-12-17/h2-16H,1H3. The van der Waals surface area contributed by atoms with Gasteiger partial charge in [0.05, 0.1) is 0 Å². The molecule has 3 aromatic rings. The van der Waals surface area contributed by atoms with Crippen LogP contribution in [-0.4, -0.2) is 6.26 Å². The Bertz CT molecular complexity index is 641. The maximum absolute atomic E-state index is 6.46. The lowest BCUT2D eigenvalue weighted by Crippen LogP contribution is -2.07. The van der Waals surface area contributed by atoms with Crippen LogP contribution >= 0.6 is 10.3 Å². The molecule has 0 N–H and O–H groups in total. The van der Waals surface area contributed by atoms with Crippen molar-refractivity contribution in [3.05, 3.63) is 91.0 Å². The molecule has 0 radical (unpaired) electrons. The molecule has 1 nitrogen and oxygen atoms in total. The molecule has 106 valence electrons. The molecule has 0 bridgehead atoms. The van der Waals surface area contributed by atoms with Gasteiger partial charge in [0.15, 0.2) is 0 Å². The molecule has 0 saturated heterocycles. The van der Waals surface area contributed by atoms with E-state index in [2.05, 4.69) is 54.8 Å². The third kappa shape index (κ3) is 2.96. The molecular weight excluding hydrogens is 276 g/mol. The van der Waals surface area contributed by atoms with Crippen molar-refractivity contribution >= 4 is 10.3 Å². The highest BCUT2D eigenvalue weighted by Crippen LogP contribution is 2.59. The number of para-hydroxylation sites is 1. The molecule has 0 atom stereocenters. The van der Waals surface area contributed by atoms with Crippen molar-refractivity contribution in [3.8, 4) is 5.75 Å². The first-order valence-electron chi connectivity index (χ1n) is 6.92. The number of hydrogen-bond donors (Lipinski definition) is 0. The summed E-state index contributed by atoms with van der Waals surface area (Å²) in [6, 6.07) is 31.0. The summed E-state index contributed by atoms with van der Waals surface area (Å²) in [6.07, 6.45) is 2.20. The SMILES string of the molecule is CS(Oc1ccccc1)(c1ccccc1)c1ccccc1. The largest absolute Gasteiger partial charge is 0.441 e. The van der Waals surface area contributed by atoms with Crippen LogP contribution in [0.25, 0.3) is 0 Å². The van der Waals surface area contributed by atoms with E-state index in [0.29, 0.717) is 0 Å². The monoisotopic (exact) mass is 294 g/mol. The van der Waals surface area contributed by atoms with Crippen molar-refractivity contribution in [2.45, 2.75) is 9.79 Å². The number of hydrogen-bond acceptors (Lipinski definition) is 1. The summed E-state index contributed by atoms with van der Waals surface area (Å²) < 4.78 is 6.46. The lowest BCUT2D eigenvalue weighted by Gasteiger charge is -2.36. The lowest BCUT2D eigenvalue weighted by molar-refractivity contribution is 0.618. The van der Waals surface area contributed by atoms with Crippen LogP contribution in [0.2, 0.25) is 0 Å². The van der Waals surface area contributed by atoms with E-state index in [1.165, 1.54) is 9.79 Å². The minimum atomic E-state index is -1.55. The van der Waals surface area contributed by atoms with E-state index in [1.807, 2.05) is 42.5 Å². The van der Waals surface area contributed by atoms with E-state index in [0.717, 1.165) is 5.75 Å². The zero-order valence-corrected chi connectivity index (χ0v) is 12.8. The first kappa shape index (κ1) is 13.8. The molecule has 0 aromatic heterocycles. The van der Waals surface area contributed by atoms with Gasteiger partial charge in [-0.05, 0) is 46.7 Å². The van der Waals surface area contributed by atoms with Crippen molar-refractivity contribution in [2.75, 3.05) is 6.26 Å². The average Bonchev–Trinajstić information content (AvgIpc) is 2.57. The van der Waals surface area contributed by atoms with E-state index in [9.17, 15) is 0 Å². The van der Waals surface area contributed by atoms with Gasteiger partial charge in [0.1, 0.15) is 5.75 Å². The molecule has 3 rings (SSSR count). The summed E-state index contributed by atoms with van der Waals surface area (Å²) in [7, 11) is -1.55. The van der Waals surface area contributed by atoms with Crippen LogP contribution in [0.5, 0.6) is 5.75 Å². The van der Waals surface area contributed by atoms with Crippen molar-refractivity contribution in [3.63, 3.8) is 0 Å². The van der Waals surface area contributed by atoms with Crippen LogP contribution in [0.15, 0.2) is 101 Å². The third-order valence-electron chi connectivity index (χ3n) is 3.39. The molecule has 0 aliphatic carbocycles. The second-order valence-electron chi connectivity index (χ2n) is 4.87. The Morgan fingerprint density at radius 3 is 1.38 bits per heavy atom. The first-order valence-corrected chi connectivity index (χ1v) is 8.89. The van der Waals surface area contributed by atoms with E-state index in [-0.39, 0.29) is 0 Å². The molecule has 0 aliphatic heterocycles. The third-order valence-corrected chi connectivity index (χ3v) is 6.26. The predicted octanol–water partition coefficient (Wildman–Crippen LogP) is 5.53. The topological polar surface area (TPSA) is 9.23 Å². The summed E-state index contributed by atoms with van der Waals surface area (Å²) >= 11 is 0. The van der Waals surface area contributed by atoms with Gasteiger partial charge in [0.25, 0.3) is 0 Å². The van der Waals surface area contributed by atoms with Gasteiger partial charge in [-0.2, -0.15) is 0 Å². The van der Waals surface area contributed by atoms with Gasteiger partial charge in [-0.15, -0.1) is 0 Å². The van der Waals surface area contributed by atoms with Gasteiger partial charge in [0.2, 0.25) is 0 Å². The first-order chi connectivity index (χ1) is 10.3. The maximum atomic E-state index is 6.46. The zero-order chi connectivity index (χ0) is 14.5. The fourth-order valence-corrected chi connectivity index (χ4v) is 4.57. The van der Waals surface area contributed by atoms with E-state index >= 15 is 0 Å². The quantitative estimate of drug-likeness (QED) is 0.614. The molecule has 2 heteroatoms. The zero-order valence-electron chi connectivity index (χ0n) is 12.0. The van der Waals surface area contributed by atoms with Crippen LogP contribution in [0.1, 0.15) is 0 Å². The molecule has 0 saturated carbocycles. The summed E-state index contributed by atoms with van der Waals surface area (Å²) in [6.45, 7) is 0. The Hall–Kier alpha value is -2.19. The average molecular weight is 294 g/mol. The number of rotatable bonds is 4. The van der Waals surface area contributed by atoms with Crippen LogP contribution in [0, 0.1) is 0 Å². The highest BCUT2D eigenvalue weighted by molar-refractivity contribution is 8.29. The Morgan fingerprint density at radius 2 is 0.952 bits per heavy atom. The molecule has 0 heterocycles. The Balaban J connectivity index is 2.07. The van der Waals surface area contributed by atoms with Crippen LogP contribution < -0.4 is 4.18 Å². The fraction of sp³-hybridized carbons (Fsp3) is 0.0526. The lowest BCUT2D eigenvalue weighted by atomic mass is 10.3. The Morgan fingerprint density at radius 1 is 0.571 bits per heavy atom. The molecule has 0 aliphatic rings. The van der Waals surface area contributed by atoms with Crippen molar-refractivity contribution in [1.29, 1.82) is 0 Å². The van der Waals surface area contributed by atoms with E-state index in [4.69, 9.17) is 4.18 Å². The minimum Gasteiger partial charge on any atom is -0.441 e. The van der Waals surface area contributed by atoms with Crippen molar-refractivity contribution < 1.29 is 4.18 Å². The summed E-state index contributed by atoms with van der Waals surface area (Å²) in [5.41, 5.74) is 0. The molecular formula is C19H18OS. The highest BCUT2D eigenvalue weighted by atomic mass is 32.3. The van der Waals surface area contributed by atoms with Gasteiger partial charge < -0.3 is 4.18 Å². The minimum absolute atomic E-state index is 0.905. The summed E-state index contributed by atoms with van der Waals surface area (Å²) in [5, 5.41) is 0. The molecule has 0 amide bonds.